The highest BCUT2D eigenvalue weighted by Crippen LogP contribution is 2.59. The Morgan fingerprint density at radius 2 is 0.798 bits per heavy atom. The molecular weight excluding hydrogens is 1070 g/mol. The Balaban J connectivity index is 1.16. The van der Waals surface area contributed by atoms with Gasteiger partial charge in [0, 0.05) is 50.3 Å². The predicted molar refractivity (Wildman–Crippen MR) is 386 cm³/mol. The number of anilines is 6. The number of aromatic nitrogens is 1. The lowest BCUT2D eigenvalue weighted by molar-refractivity contribution is 0.331. The molecule has 0 amide bonds. The third kappa shape index (κ3) is 9.14. The Kier molecular flexibility index (Phi) is 12.7. The topological polar surface area (TPSA) is 11.4 Å². The molecule has 3 aliphatic carbocycles. The van der Waals surface area contributed by atoms with Crippen LogP contribution in [0.15, 0.2) is 127 Å². The molecule has 0 N–H and O–H groups in total. The van der Waals surface area contributed by atoms with Crippen molar-refractivity contribution >= 4 is 68.7 Å². The minimum atomic E-state index is -0.228. The van der Waals surface area contributed by atoms with E-state index in [0.29, 0.717) is 0 Å². The van der Waals surface area contributed by atoms with E-state index < -0.39 is 0 Å². The molecule has 3 heterocycles. The summed E-state index contributed by atoms with van der Waals surface area (Å²) in [6.45, 7) is 55.8. The van der Waals surface area contributed by atoms with Gasteiger partial charge in [0.1, 0.15) is 0 Å². The van der Waals surface area contributed by atoms with Crippen molar-refractivity contribution in [3.8, 4) is 16.8 Å². The molecule has 14 rings (SSSR count). The SMILES string of the molecule is Cc1cc(C(C)(C)C)ccc1-n1c2ccc(C(C)(C)C)cc2c2cc3c(cc21)N(c1ccc2c(c1)C(C)(C)c1cc(C(C)(C)C)ccc1-2)c1cc(C(C)(C)C)cc2c1BC3c1cc3c(cc1N2c1ccc2c(c1)C(C)(C)CCC2(C)C)C(C)(C)CCC3(C)C. The molecule has 0 spiro atoms. The predicted octanol–water partition coefficient (Wildman–Crippen LogP) is 22.7. The first-order chi connectivity index (χ1) is 41.3. The summed E-state index contributed by atoms with van der Waals surface area (Å²) in [5, 5.41) is 2.63. The van der Waals surface area contributed by atoms with Gasteiger partial charge < -0.3 is 14.4 Å². The molecule has 5 aliphatic rings. The number of hydrogen-bond acceptors (Lipinski definition) is 2. The average Bonchev–Trinajstić information content (AvgIpc) is 1.63. The largest absolute Gasteiger partial charge is 0.311 e. The second kappa shape index (κ2) is 18.9. The Hall–Kier alpha value is -6.78. The second-order valence-corrected chi connectivity index (χ2v) is 35.8. The van der Waals surface area contributed by atoms with E-state index in [4.69, 9.17) is 0 Å². The summed E-state index contributed by atoms with van der Waals surface area (Å²) in [6.07, 6.45) is 4.66. The third-order valence-electron chi connectivity index (χ3n) is 23.2. The molecule has 2 bridgehead atoms. The molecule has 4 heteroatoms. The zero-order chi connectivity index (χ0) is 63.8. The highest BCUT2D eigenvalue weighted by atomic mass is 15.2. The Morgan fingerprint density at radius 3 is 1.37 bits per heavy atom. The first-order valence-corrected chi connectivity index (χ1v) is 33.9. The number of hydrogen-bond donors (Lipinski definition) is 0. The van der Waals surface area contributed by atoms with Crippen LogP contribution in [0.1, 0.15) is 256 Å². The molecule has 0 fully saturated rings. The molecule has 8 aromatic carbocycles. The van der Waals surface area contributed by atoms with E-state index >= 15 is 0 Å². The first-order valence-electron chi connectivity index (χ1n) is 33.9. The maximum Gasteiger partial charge on any atom is 0.176 e. The van der Waals surface area contributed by atoms with Gasteiger partial charge in [0.2, 0.25) is 0 Å². The molecule has 89 heavy (non-hydrogen) atoms. The van der Waals surface area contributed by atoms with Gasteiger partial charge in [-0.15, -0.1) is 0 Å². The molecule has 0 saturated heterocycles. The van der Waals surface area contributed by atoms with Crippen LogP contribution in [0, 0.1) is 6.92 Å². The van der Waals surface area contributed by atoms with Crippen molar-refractivity contribution < 1.29 is 0 Å². The van der Waals surface area contributed by atoms with Crippen molar-refractivity contribution in [3.05, 3.63) is 200 Å². The summed E-state index contributed by atoms with van der Waals surface area (Å²) in [5.41, 5.74) is 33.6. The summed E-state index contributed by atoms with van der Waals surface area (Å²) in [6, 6.07) is 53.3. The summed E-state index contributed by atoms with van der Waals surface area (Å²) >= 11 is 0. The van der Waals surface area contributed by atoms with Gasteiger partial charge in [0.25, 0.3) is 0 Å². The molecule has 1 atom stereocenters. The summed E-state index contributed by atoms with van der Waals surface area (Å²) < 4.78 is 2.63. The van der Waals surface area contributed by atoms with Crippen LogP contribution in [0.2, 0.25) is 0 Å². The van der Waals surface area contributed by atoms with Gasteiger partial charge in [-0.1, -0.05) is 207 Å². The van der Waals surface area contributed by atoms with E-state index in [1.165, 1.54) is 157 Å². The number of aryl methyl sites for hydroxylation is 1. The summed E-state index contributed by atoms with van der Waals surface area (Å²) in [4.78, 5) is 5.57. The monoisotopic (exact) mass is 1170 g/mol. The van der Waals surface area contributed by atoms with Gasteiger partial charge in [0.05, 0.1) is 16.7 Å². The minimum Gasteiger partial charge on any atom is -0.311 e. The number of fused-ring (bicyclic) bond motifs is 13. The number of nitrogens with zero attached hydrogens (tertiary/aromatic N) is 3. The minimum absolute atomic E-state index is 0.000466. The van der Waals surface area contributed by atoms with Crippen LogP contribution in [0.25, 0.3) is 38.6 Å². The lowest BCUT2D eigenvalue weighted by atomic mass is 9.53. The highest BCUT2D eigenvalue weighted by Gasteiger charge is 2.46. The van der Waals surface area contributed by atoms with E-state index in [1.807, 2.05) is 0 Å². The van der Waals surface area contributed by atoms with Crippen LogP contribution in [0.3, 0.4) is 0 Å². The van der Waals surface area contributed by atoms with Crippen molar-refractivity contribution in [1.29, 1.82) is 0 Å². The fourth-order valence-corrected chi connectivity index (χ4v) is 16.9. The van der Waals surface area contributed by atoms with Crippen LogP contribution >= 0.6 is 0 Å². The quantitative estimate of drug-likeness (QED) is 0.163. The average molecular weight is 1170 g/mol. The molecule has 3 nitrogen and oxygen atoms in total. The van der Waals surface area contributed by atoms with Gasteiger partial charge in [-0.2, -0.15) is 0 Å². The molecule has 458 valence electrons. The lowest BCUT2D eigenvalue weighted by Crippen LogP contribution is -2.35. The van der Waals surface area contributed by atoms with E-state index in [2.05, 4.69) is 301 Å². The third-order valence-corrected chi connectivity index (χ3v) is 23.2. The smallest absolute Gasteiger partial charge is 0.176 e. The maximum absolute atomic E-state index is 2.79. The van der Waals surface area contributed by atoms with E-state index in [-0.39, 0.29) is 54.6 Å². The lowest BCUT2D eigenvalue weighted by Gasteiger charge is -2.44. The van der Waals surface area contributed by atoms with Crippen molar-refractivity contribution in [2.45, 2.75) is 239 Å². The molecule has 2 aliphatic heterocycles. The Bertz CT molecular complexity index is 4500. The molecule has 0 radical (unpaired) electrons. The zero-order valence-corrected chi connectivity index (χ0v) is 58.6. The van der Waals surface area contributed by atoms with Gasteiger partial charge in [-0.05, 0) is 243 Å². The molecular formula is C85H100BN3. The van der Waals surface area contributed by atoms with Gasteiger partial charge >= 0.3 is 0 Å². The van der Waals surface area contributed by atoms with Crippen molar-refractivity contribution in [3.63, 3.8) is 0 Å². The van der Waals surface area contributed by atoms with E-state index in [0.717, 1.165) is 26.5 Å². The van der Waals surface area contributed by atoms with Crippen LogP contribution in [-0.2, 0) is 48.7 Å². The number of benzene rings is 8. The normalized spacial score (nSPS) is 19.2. The summed E-state index contributed by atoms with van der Waals surface area (Å²) in [5.74, 6) is 0.0134. The fourth-order valence-electron chi connectivity index (χ4n) is 16.9. The van der Waals surface area contributed by atoms with Crippen molar-refractivity contribution in [2.75, 3.05) is 9.80 Å². The van der Waals surface area contributed by atoms with E-state index in [1.54, 1.807) is 0 Å². The first kappa shape index (κ1) is 59.8. The fraction of sp³-hybridized carbons (Fsp3) is 0.435. The van der Waals surface area contributed by atoms with Crippen LogP contribution < -0.4 is 15.3 Å². The second-order valence-electron chi connectivity index (χ2n) is 35.8. The molecule has 9 aromatic rings. The van der Waals surface area contributed by atoms with Crippen LogP contribution in [-0.4, -0.2) is 11.8 Å². The Morgan fingerprint density at radius 1 is 0.360 bits per heavy atom. The van der Waals surface area contributed by atoms with Crippen molar-refractivity contribution in [2.24, 2.45) is 0 Å². The summed E-state index contributed by atoms with van der Waals surface area (Å²) in [7, 11) is 0.858. The molecule has 1 unspecified atom stereocenters. The van der Waals surface area contributed by atoms with Gasteiger partial charge in [0.15, 0.2) is 7.28 Å². The van der Waals surface area contributed by atoms with Gasteiger partial charge in [-0.3, -0.25) is 0 Å². The van der Waals surface area contributed by atoms with Crippen LogP contribution in [0.5, 0.6) is 0 Å². The maximum atomic E-state index is 2.79. The number of rotatable bonds is 3. The molecule has 1 aromatic heterocycles. The zero-order valence-electron chi connectivity index (χ0n) is 58.6. The Labute approximate surface area is 536 Å². The van der Waals surface area contributed by atoms with Crippen LogP contribution in [0.4, 0.5) is 34.1 Å². The highest BCUT2D eigenvalue weighted by molar-refractivity contribution is 6.61. The van der Waals surface area contributed by atoms with Gasteiger partial charge in [-0.25, -0.2) is 0 Å². The standard InChI is InChI=1S/C85H100BN3/c1-49-38-50(77(2,3)4)25-32-68(49)89-69-33-26-51(78(5,6)7)39-58(69)59-45-60-72(48-71(59)89)88(54-27-30-57-56-29-24-52(79(8,9)10)40-63(56)85(22,23)64(57)43-54)74-42-53(80(11,12)13)41-73-76(74)86-75(60)61-46-66-67(84(20,21)37-36-83(66,18)19)47-70(61)87(73)55-28-31-62-65(44-55)82(16,17)35-34-81(62,14)15/h24-33,38-48,75,86H,34-37H2,1-23H3. The molecule has 0 saturated carbocycles. The van der Waals surface area contributed by atoms with Crippen molar-refractivity contribution in [1.82, 2.24) is 4.57 Å². The van der Waals surface area contributed by atoms with E-state index in [9.17, 15) is 0 Å².